The molecule has 3 rings (SSSR count). The number of aromatic nitrogens is 1. The molecule has 2 fully saturated rings. The van der Waals surface area contributed by atoms with E-state index >= 15 is 0 Å². The Morgan fingerprint density at radius 2 is 1.96 bits per heavy atom. The van der Waals surface area contributed by atoms with Gasteiger partial charge in [0.05, 0.1) is 5.92 Å². The lowest BCUT2D eigenvalue weighted by atomic mass is 9.99. The van der Waals surface area contributed by atoms with Crippen LogP contribution in [-0.4, -0.2) is 53.2 Å². The smallest absolute Gasteiger partial charge is 0.317 e. The van der Waals surface area contributed by atoms with Crippen molar-refractivity contribution in [2.75, 3.05) is 31.1 Å². The topological polar surface area (TPSA) is 85.8 Å². The molecule has 2 N–H and O–H groups in total. The van der Waals surface area contributed by atoms with Crippen LogP contribution < -0.4 is 10.2 Å². The van der Waals surface area contributed by atoms with E-state index in [1.807, 2.05) is 12.1 Å². The first kappa shape index (κ1) is 17.5. The number of carbonyl (C=O) groups is 2. The maximum absolute atomic E-state index is 12.2. The summed E-state index contributed by atoms with van der Waals surface area (Å²) in [7, 11) is 0. The fourth-order valence-electron chi connectivity index (χ4n) is 3.48. The zero-order valence-electron chi connectivity index (χ0n) is 14.5. The number of piperidine rings is 2. The summed E-state index contributed by atoms with van der Waals surface area (Å²) in [4.78, 5) is 31.7. The number of pyridine rings is 1. The van der Waals surface area contributed by atoms with Gasteiger partial charge in [-0.15, -0.1) is 0 Å². The first-order valence-electron chi connectivity index (χ1n) is 9.09. The Labute approximate surface area is 148 Å². The van der Waals surface area contributed by atoms with Gasteiger partial charge in [-0.2, -0.15) is 0 Å². The molecule has 3 heterocycles. The number of rotatable bonds is 4. The number of urea groups is 1. The van der Waals surface area contributed by atoms with Gasteiger partial charge in [-0.05, 0) is 43.7 Å². The molecule has 0 aromatic carbocycles. The summed E-state index contributed by atoms with van der Waals surface area (Å²) in [6.07, 6.45) is 6.90. The first-order valence-corrected chi connectivity index (χ1v) is 9.09. The molecule has 2 aliphatic heterocycles. The molecule has 0 aliphatic carbocycles. The van der Waals surface area contributed by atoms with Crippen LogP contribution in [0.4, 0.5) is 10.6 Å². The summed E-state index contributed by atoms with van der Waals surface area (Å²) >= 11 is 0. The Hall–Kier alpha value is -2.31. The molecule has 2 saturated heterocycles. The minimum Gasteiger partial charge on any atom is -0.481 e. The van der Waals surface area contributed by atoms with E-state index < -0.39 is 11.9 Å². The van der Waals surface area contributed by atoms with Crippen LogP contribution in [0.1, 0.15) is 37.7 Å². The van der Waals surface area contributed by atoms with Crippen LogP contribution in [0.15, 0.2) is 18.3 Å². The Balaban J connectivity index is 1.49. The highest BCUT2D eigenvalue weighted by Crippen LogP contribution is 2.18. The fraction of sp³-hybridized carbons (Fsp3) is 0.611. The third-order valence-corrected chi connectivity index (χ3v) is 4.99. The third-order valence-electron chi connectivity index (χ3n) is 4.99. The summed E-state index contributed by atoms with van der Waals surface area (Å²) in [5, 5.41) is 12.0. The third kappa shape index (κ3) is 4.61. The molecule has 0 saturated carbocycles. The number of carboxylic acids is 1. The van der Waals surface area contributed by atoms with Crippen LogP contribution in [0.2, 0.25) is 0 Å². The number of carbonyl (C=O) groups excluding carboxylic acids is 1. The van der Waals surface area contributed by atoms with E-state index in [-0.39, 0.29) is 12.6 Å². The molecule has 1 aromatic heterocycles. The van der Waals surface area contributed by atoms with Crippen LogP contribution in [-0.2, 0) is 11.3 Å². The van der Waals surface area contributed by atoms with Gasteiger partial charge in [0.2, 0.25) is 0 Å². The number of nitrogens with zero attached hydrogens (tertiary/aromatic N) is 3. The van der Waals surface area contributed by atoms with E-state index in [9.17, 15) is 9.59 Å². The normalized spacial score (nSPS) is 21.0. The number of hydrogen-bond acceptors (Lipinski definition) is 4. The Kier molecular flexibility index (Phi) is 5.73. The molecule has 1 unspecified atom stereocenters. The quantitative estimate of drug-likeness (QED) is 0.872. The van der Waals surface area contributed by atoms with Gasteiger partial charge in [0, 0.05) is 38.9 Å². The molecule has 7 heteroatoms. The highest BCUT2D eigenvalue weighted by Gasteiger charge is 2.27. The summed E-state index contributed by atoms with van der Waals surface area (Å²) in [5.74, 6) is -0.282. The summed E-state index contributed by atoms with van der Waals surface area (Å²) in [5.41, 5.74) is 0.945. The van der Waals surface area contributed by atoms with E-state index in [2.05, 4.69) is 15.2 Å². The minimum absolute atomic E-state index is 0.203. The predicted octanol–water partition coefficient (Wildman–Crippen LogP) is 2.08. The second-order valence-corrected chi connectivity index (χ2v) is 6.85. The molecule has 2 amide bonds. The highest BCUT2D eigenvalue weighted by atomic mass is 16.4. The van der Waals surface area contributed by atoms with Gasteiger partial charge in [-0.1, -0.05) is 6.07 Å². The Morgan fingerprint density at radius 3 is 2.64 bits per heavy atom. The zero-order valence-corrected chi connectivity index (χ0v) is 14.5. The highest BCUT2D eigenvalue weighted by molar-refractivity contribution is 5.76. The molecular formula is C18H26N4O3. The predicted molar refractivity (Wildman–Crippen MR) is 94.5 cm³/mol. The summed E-state index contributed by atoms with van der Waals surface area (Å²) in [6.45, 7) is 3.42. The van der Waals surface area contributed by atoms with E-state index in [1.54, 1.807) is 11.1 Å². The number of amides is 2. The van der Waals surface area contributed by atoms with Gasteiger partial charge in [0.25, 0.3) is 0 Å². The second kappa shape index (κ2) is 8.18. The van der Waals surface area contributed by atoms with Crippen LogP contribution in [0, 0.1) is 5.92 Å². The first-order chi connectivity index (χ1) is 12.1. The maximum Gasteiger partial charge on any atom is 0.317 e. The van der Waals surface area contributed by atoms with Crippen molar-refractivity contribution in [3.05, 3.63) is 23.9 Å². The second-order valence-electron chi connectivity index (χ2n) is 6.85. The van der Waals surface area contributed by atoms with Crippen molar-refractivity contribution < 1.29 is 14.7 Å². The average molecular weight is 346 g/mol. The average Bonchev–Trinajstić information content (AvgIpc) is 2.67. The van der Waals surface area contributed by atoms with Gasteiger partial charge < -0.3 is 20.2 Å². The molecule has 7 nitrogen and oxygen atoms in total. The maximum atomic E-state index is 12.2. The number of anilines is 1. The number of carboxylic acid groups (broad SMARTS) is 1. The number of nitrogens with one attached hydrogen (secondary N) is 1. The van der Waals surface area contributed by atoms with Gasteiger partial charge in [0.15, 0.2) is 0 Å². The van der Waals surface area contributed by atoms with Gasteiger partial charge in [-0.25, -0.2) is 9.78 Å². The molecule has 1 atom stereocenters. The molecule has 2 aliphatic rings. The van der Waals surface area contributed by atoms with Crippen LogP contribution in [0.25, 0.3) is 0 Å². The van der Waals surface area contributed by atoms with Crippen molar-refractivity contribution >= 4 is 17.8 Å². The van der Waals surface area contributed by atoms with E-state index in [0.717, 1.165) is 30.9 Å². The Bertz CT molecular complexity index is 599. The SMILES string of the molecule is O=C(O)C1CCCN(C(=O)NCc2ccc(N3CCCCC3)nc2)C1. The fourth-order valence-corrected chi connectivity index (χ4v) is 3.48. The van der Waals surface area contributed by atoms with Gasteiger partial charge in [0.1, 0.15) is 5.82 Å². The van der Waals surface area contributed by atoms with E-state index in [4.69, 9.17) is 5.11 Å². The lowest BCUT2D eigenvalue weighted by Crippen LogP contribution is -2.46. The molecule has 0 radical (unpaired) electrons. The van der Waals surface area contributed by atoms with Crippen molar-refractivity contribution in [3.8, 4) is 0 Å². The number of aliphatic carboxylic acids is 1. The zero-order chi connectivity index (χ0) is 17.6. The van der Waals surface area contributed by atoms with Crippen LogP contribution in [0.3, 0.4) is 0 Å². The molecule has 0 spiro atoms. The van der Waals surface area contributed by atoms with Crippen LogP contribution >= 0.6 is 0 Å². The Morgan fingerprint density at radius 1 is 1.16 bits per heavy atom. The molecular weight excluding hydrogens is 320 g/mol. The number of hydrogen-bond donors (Lipinski definition) is 2. The van der Waals surface area contributed by atoms with Crippen molar-refractivity contribution in [1.29, 1.82) is 0 Å². The van der Waals surface area contributed by atoms with Crippen molar-refractivity contribution in [3.63, 3.8) is 0 Å². The van der Waals surface area contributed by atoms with Gasteiger partial charge in [-0.3, -0.25) is 4.79 Å². The molecule has 25 heavy (non-hydrogen) atoms. The van der Waals surface area contributed by atoms with Crippen LogP contribution in [0.5, 0.6) is 0 Å². The van der Waals surface area contributed by atoms with Crippen molar-refractivity contribution in [2.45, 2.75) is 38.6 Å². The van der Waals surface area contributed by atoms with E-state index in [0.29, 0.717) is 19.5 Å². The molecule has 136 valence electrons. The summed E-state index contributed by atoms with van der Waals surface area (Å²) in [6, 6.07) is 3.80. The number of likely N-dealkylation sites (tertiary alicyclic amines) is 1. The largest absolute Gasteiger partial charge is 0.481 e. The van der Waals surface area contributed by atoms with E-state index in [1.165, 1.54) is 19.3 Å². The van der Waals surface area contributed by atoms with Crippen molar-refractivity contribution in [1.82, 2.24) is 15.2 Å². The lowest BCUT2D eigenvalue weighted by Gasteiger charge is -2.30. The summed E-state index contributed by atoms with van der Waals surface area (Å²) < 4.78 is 0. The molecule has 0 bridgehead atoms. The lowest BCUT2D eigenvalue weighted by molar-refractivity contribution is -0.143. The van der Waals surface area contributed by atoms with Crippen molar-refractivity contribution in [2.24, 2.45) is 5.92 Å². The molecule has 1 aromatic rings. The minimum atomic E-state index is -0.824. The van der Waals surface area contributed by atoms with Gasteiger partial charge >= 0.3 is 12.0 Å². The standard InChI is InChI=1S/C18H26N4O3/c23-17(24)15-5-4-10-22(13-15)18(25)20-12-14-6-7-16(19-11-14)21-8-2-1-3-9-21/h6-7,11,15H,1-5,8-10,12-13H2,(H,20,25)(H,23,24). The monoisotopic (exact) mass is 346 g/mol.